The first-order valence-corrected chi connectivity index (χ1v) is 8.07. The number of hydrogen-bond acceptors (Lipinski definition) is 1. The van der Waals surface area contributed by atoms with Gasteiger partial charge < -0.3 is 5.32 Å². The van der Waals surface area contributed by atoms with Gasteiger partial charge in [0.2, 0.25) is 0 Å². The van der Waals surface area contributed by atoms with Crippen molar-refractivity contribution in [3.8, 4) is 0 Å². The molecule has 0 aromatic rings. The van der Waals surface area contributed by atoms with E-state index in [2.05, 4.69) is 12.2 Å². The molecule has 0 radical (unpaired) electrons. The molecule has 2 atom stereocenters. The molecule has 1 nitrogen and oxygen atoms in total. The normalized spacial score (nSPS) is 31.6. The van der Waals surface area contributed by atoms with Crippen molar-refractivity contribution in [1.82, 2.24) is 5.32 Å². The van der Waals surface area contributed by atoms with Crippen molar-refractivity contribution in [3.63, 3.8) is 0 Å². The second-order valence-electron chi connectivity index (χ2n) is 6.52. The molecule has 0 aliphatic heterocycles. The van der Waals surface area contributed by atoms with Crippen molar-refractivity contribution in [2.24, 2.45) is 17.8 Å². The third-order valence-corrected chi connectivity index (χ3v) is 5.15. The van der Waals surface area contributed by atoms with Crippen LogP contribution in [-0.4, -0.2) is 13.1 Å². The van der Waals surface area contributed by atoms with Gasteiger partial charge in [0.1, 0.15) is 0 Å². The quantitative estimate of drug-likeness (QED) is 0.700. The minimum atomic E-state index is 0.964. The fourth-order valence-corrected chi connectivity index (χ4v) is 3.77. The lowest BCUT2D eigenvalue weighted by molar-refractivity contribution is 0.244. The van der Waals surface area contributed by atoms with E-state index in [1.54, 1.807) is 0 Å². The fourth-order valence-electron chi connectivity index (χ4n) is 3.77. The van der Waals surface area contributed by atoms with Crippen LogP contribution in [0.2, 0.25) is 0 Å². The van der Waals surface area contributed by atoms with Gasteiger partial charge in [-0.1, -0.05) is 58.3 Å². The molecular weight excluding hydrogens is 206 g/mol. The smallest absolute Gasteiger partial charge is 0.00180 e. The lowest BCUT2D eigenvalue weighted by Gasteiger charge is -2.29. The predicted molar refractivity (Wildman–Crippen MR) is 75.2 cm³/mol. The molecule has 0 amide bonds. The van der Waals surface area contributed by atoms with Gasteiger partial charge in [-0.25, -0.2) is 0 Å². The molecule has 2 saturated carbocycles. The van der Waals surface area contributed by atoms with E-state index in [1.165, 1.54) is 77.3 Å². The van der Waals surface area contributed by atoms with Gasteiger partial charge in [0.05, 0.1) is 0 Å². The monoisotopic (exact) mass is 237 g/mol. The molecule has 0 heterocycles. The average Bonchev–Trinajstić information content (AvgIpc) is 2.38. The van der Waals surface area contributed by atoms with E-state index in [0.29, 0.717) is 0 Å². The Morgan fingerprint density at radius 3 is 2.35 bits per heavy atom. The molecule has 17 heavy (non-hydrogen) atoms. The van der Waals surface area contributed by atoms with E-state index >= 15 is 0 Å². The largest absolute Gasteiger partial charge is 0.316 e. The summed E-state index contributed by atoms with van der Waals surface area (Å²) in [6.45, 7) is 5.01. The third-order valence-electron chi connectivity index (χ3n) is 5.15. The summed E-state index contributed by atoms with van der Waals surface area (Å²) < 4.78 is 0. The Bertz CT molecular complexity index is 196. The molecular formula is C16H31N. The fraction of sp³-hybridized carbons (Fsp3) is 1.00. The predicted octanol–water partition coefficient (Wildman–Crippen LogP) is 4.37. The molecule has 2 unspecified atom stereocenters. The summed E-state index contributed by atoms with van der Waals surface area (Å²) in [6.07, 6.45) is 14.8. The Kier molecular flexibility index (Phi) is 5.84. The lowest BCUT2D eigenvalue weighted by atomic mass is 9.80. The standard InChI is InChI=1S/C16H31N/c1-14-7-5-6-10-16(14)13-17-12-11-15-8-3-2-4-9-15/h14-17H,2-13H2,1H3. The van der Waals surface area contributed by atoms with Gasteiger partial charge >= 0.3 is 0 Å². The minimum Gasteiger partial charge on any atom is -0.316 e. The van der Waals surface area contributed by atoms with Gasteiger partial charge in [-0.2, -0.15) is 0 Å². The van der Waals surface area contributed by atoms with Crippen LogP contribution < -0.4 is 5.32 Å². The molecule has 1 N–H and O–H groups in total. The van der Waals surface area contributed by atoms with E-state index < -0.39 is 0 Å². The SMILES string of the molecule is CC1CCCCC1CNCCC1CCCCC1. The van der Waals surface area contributed by atoms with Gasteiger partial charge in [-0.05, 0) is 43.7 Å². The summed E-state index contributed by atoms with van der Waals surface area (Å²) in [5, 5.41) is 3.73. The Hall–Kier alpha value is -0.0400. The molecule has 2 rings (SSSR count). The summed E-state index contributed by atoms with van der Waals surface area (Å²) in [7, 11) is 0. The average molecular weight is 237 g/mol. The first-order valence-electron chi connectivity index (χ1n) is 8.07. The van der Waals surface area contributed by atoms with Crippen LogP contribution in [-0.2, 0) is 0 Å². The molecule has 2 aliphatic carbocycles. The van der Waals surface area contributed by atoms with E-state index in [-0.39, 0.29) is 0 Å². The first-order chi connectivity index (χ1) is 8.36. The summed E-state index contributed by atoms with van der Waals surface area (Å²) in [6, 6.07) is 0. The maximum absolute atomic E-state index is 3.73. The highest BCUT2D eigenvalue weighted by Gasteiger charge is 2.20. The molecule has 2 aliphatic rings. The Morgan fingerprint density at radius 1 is 0.882 bits per heavy atom. The molecule has 0 bridgehead atoms. The van der Waals surface area contributed by atoms with E-state index in [9.17, 15) is 0 Å². The van der Waals surface area contributed by atoms with Crippen molar-refractivity contribution in [2.45, 2.75) is 71.1 Å². The maximum atomic E-state index is 3.73. The van der Waals surface area contributed by atoms with Crippen molar-refractivity contribution in [2.75, 3.05) is 13.1 Å². The Morgan fingerprint density at radius 2 is 1.59 bits per heavy atom. The van der Waals surface area contributed by atoms with Crippen molar-refractivity contribution in [1.29, 1.82) is 0 Å². The number of hydrogen-bond donors (Lipinski definition) is 1. The second-order valence-corrected chi connectivity index (χ2v) is 6.52. The highest BCUT2D eigenvalue weighted by molar-refractivity contribution is 4.74. The van der Waals surface area contributed by atoms with Gasteiger partial charge in [-0.3, -0.25) is 0 Å². The molecule has 2 fully saturated rings. The molecule has 0 aromatic carbocycles. The number of nitrogens with one attached hydrogen (secondary N) is 1. The van der Waals surface area contributed by atoms with Crippen LogP contribution in [0, 0.1) is 17.8 Å². The third kappa shape index (κ3) is 4.62. The van der Waals surface area contributed by atoms with Crippen LogP contribution in [0.5, 0.6) is 0 Å². The van der Waals surface area contributed by atoms with Crippen LogP contribution in [0.3, 0.4) is 0 Å². The van der Waals surface area contributed by atoms with Crippen molar-refractivity contribution < 1.29 is 0 Å². The summed E-state index contributed by atoms with van der Waals surface area (Å²) >= 11 is 0. The Balaban J connectivity index is 1.53. The minimum absolute atomic E-state index is 0.964. The molecule has 0 spiro atoms. The van der Waals surface area contributed by atoms with E-state index in [1.807, 2.05) is 0 Å². The van der Waals surface area contributed by atoms with Gasteiger partial charge in [0.15, 0.2) is 0 Å². The zero-order chi connectivity index (χ0) is 11.9. The van der Waals surface area contributed by atoms with Crippen LogP contribution in [0.4, 0.5) is 0 Å². The molecule has 100 valence electrons. The zero-order valence-electron chi connectivity index (χ0n) is 11.7. The summed E-state index contributed by atoms with van der Waals surface area (Å²) in [5.41, 5.74) is 0. The Labute approximate surface area is 108 Å². The summed E-state index contributed by atoms with van der Waals surface area (Å²) in [5.74, 6) is 2.97. The maximum Gasteiger partial charge on any atom is -0.00180 e. The van der Waals surface area contributed by atoms with Gasteiger partial charge in [0, 0.05) is 0 Å². The van der Waals surface area contributed by atoms with Crippen molar-refractivity contribution in [3.05, 3.63) is 0 Å². The highest BCUT2D eigenvalue weighted by atomic mass is 14.9. The molecule has 1 heteroatoms. The van der Waals surface area contributed by atoms with E-state index in [4.69, 9.17) is 0 Å². The first kappa shape index (κ1) is 13.4. The zero-order valence-corrected chi connectivity index (χ0v) is 11.7. The van der Waals surface area contributed by atoms with Crippen molar-refractivity contribution >= 4 is 0 Å². The van der Waals surface area contributed by atoms with Crippen LogP contribution in [0.25, 0.3) is 0 Å². The molecule has 0 saturated heterocycles. The van der Waals surface area contributed by atoms with Crippen LogP contribution in [0.1, 0.15) is 71.1 Å². The van der Waals surface area contributed by atoms with E-state index in [0.717, 1.165) is 17.8 Å². The highest BCUT2D eigenvalue weighted by Crippen LogP contribution is 2.29. The lowest BCUT2D eigenvalue weighted by Crippen LogP contribution is -2.30. The topological polar surface area (TPSA) is 12.0 Å². The van der Waals surface area contributed by atoms with Gasteiger partial charge in [-0.15, -0.1) is 0 Å². The van der Waals surface area contributed by atoms with Crippen LogP contribution in [0.15, 0.2) is 0 Å². The van der Waals surface area contributed by atoms with Crippen LogP contribution >= 0.6 is 0 Å². The second kappa shape index (κ2) is 7.41. The summed E-state index contributed by atoms with van der Waals surface area (Å²) in [4.78, 5) is 0. The number of rotatable bonds is 5. The van der Waals surface area contributed by atoms with Gasteiger partial charge in [0.25, 0.3) is 0 Å². The molecule has 0 aromatic heterocycles.